The predicted molar refractivity (Wildman–Crippen MR) is 176 cm³/mol. The minimum absolute atomic E-state index is 0.0106. The molecule has 6 nitrogen and oxygen atoms in total. The van der Waals surface area contributed by atoms with Gasteiger partial charge in [-0.15, -0.1) is 0 Å². The average molecular weight is 674 g/mol. The second kappa shape index (κ2) is 16.2. The van der Waals surface area contributed by atoms with Gasteiger partial charge in [-0.05, 0) is 81.7 Å². The van der Waals surface area contributed by atoms with E-state index >= 15 is 8.78 Å². The molecule has 1 aromatic heterocycles. The molecule has 11 heteroatoms. The van der Waals surface area contributed by atoms with Crippen molar-refractivity contribution in [1.82, 2.24) is 14.5 Å². The summed E-state index contributed by atoms with van der Waals surface area (Å²) >= 11 is 7.57. The Morgan fingerprint density at radius 3 is 2.33 bits per heavy atom. The first kappa shape index (κ1) is 34.3. The van der Waals surface area contributed by atoms with E-state index in [-0.39, 0.29) is 42.0 Å². The molecule has 3 aromatic carbocycles. The van der Waals surface area contributed by atoms with Gasteiger partial charge in [0.1, 0.15) is 29.8 Å². The number of halogens is 4. The minimum atomic E-state index is -0.697. The van der Waals surface area contributed by atoms with Crippen LogP contribution in [0.1, 0.15) is 46.8 Å². The highest BCUT2D eigenvalue weighted by Gasteiger charge is 2.30. The molecule has 0 N–H and O–H groups in total. The number of fused-ring (bicyclic) bond motifs is 1. The standard InChI is InChI=1S/C35H39ClF3N3O3S/c1-23-19-24(7-12-30(23)36)28-5-4-6-33-34(28)42(26-10-8-25(37)9-11-26)35(40-33)46-22-29-31(38)20-27(21-32(29)39)45-18-17-44-16-15-43-14-13-41(2)3/h7-12,19-21,28H,4-6,13-18,22H2,1-3H3. The molecular formula is C35H39ClF3N3O3S. The highest BCUT2D eigenvalue weighted by molar-refractivity contribution is 7.98. The Morgan fingerprint density at radius 1 is 0.935 bits per heavy atom. The lowest BCUT2D eigenvalue weighted by Gasteiger charge is -2.25. The monoisotopic (exact) mass is 673 g/mol. The number of thioether (sulfide) groups is 1. The third kappa shape index (κ3) is 8.66. The first-order valence-corrected chi connectivity index (χ1v) is 16.7. The number of ether oxygens (including phenoxy) is 3. The van der Waals surface area contributed by atoms with Crippen molar-refractivity contribution < 1.29 is 27.4 Å². The Kier molecular flexibility index (Phi) is 12.1. The van der Waals surface area contributed by atoms with Gasteiger partial charge < -0.3 is 19.1 Å². The lowest BCUT2D eigenvalue weighted by molar-refractivity contribution is 0.0324. The van der Waals surface area contributed by atoms with Crippen LogP contribution in [0.5, 0.6) is 5.75 Å². The molecule has 0 radical (unpaired) electrons. The van der Waals surface area contributed by atoms with Crippen LogP contribution in [-0.4, -0.2) is 68.1 Å². The van der Waals surface area contributed by atoms with Gasteiger partial charge in [-0.25, -0.2) is 18.2 Å². The van der Waals surface area contributed by atoms with Crippen molar-refractivity contribution in [2.24, 2.45) is 0 Å². The van der Waals surface area contributed by atoms with Gasteiger partial charge in [-0.1, -0.05) is 35.5 Å². The van der Waals surface area contributed by atoms with Crippen LogP contribution in [0.15, 0.2) is 59.8 Å². The maximum atomic E-state index is 15.2. The molecule has 1 aliphatic rings. The summed E-state index contributed by atoms with van der Waals surface area (Å²) in [4.78, 5) is 6.99. The molecule has 0 fully saturated rings. The summed E-state index contributed by atoms with van der Waals surface area (Å²) in [7, 11) is 3.95. The molecule has 46 heavy (non-hydrogen) atoms. The SMILES string of the molecule is Cc1cc(C2CCCc3nc(SCc4c(F)cc(OCCOCCOCCN(C)C)cc4F)n(-c4ccc(F)cc4)c32)ccc1Cl. The average Bonchev–Trinajstić information content (AvgIpc) is 3.40. The van der Waals surface area contributed by atoms with Gasteiger partial charge >= 0.3 is 0 Å². The van der Waals surface area contributed by atoms with Crippen LogP contribution in [-0.2, 0) is 21.6 Å². The smallest absolute Gasteiger partial charge is 0.173 e. The van der Waals surface area contributed by atoms with Gasteiger partial charge in [0.2, 0.25) is 0 Å². The molecule has 0 spiro atoms. The molecule has 0 saturated heterocycles. The van der Waals surface area contributed by atoms with Crippen LogP contribution in [0.2, 0.25) is 5.02 Å². The molecule has 4 aromatic rings. The van der Waals surface area contributed by atoms with E-state index in [2.05, 4.69) is 6.07 Å². The van der Waals surface area contributed by atoms with Gasteiger partial charge in [0.15, 0.2) is 5.16 Å². The molecule has 0 saturated carbocycles. The van der Waals surface area contributed by atoms with Gasteiger partial charge in [-0.2, -0.15) is 0 Å². The fourth-order valence-corrected chi connectivity index (χ4v) is 6.65. The molecule has 1 unspecified atom stereocenters. The second-order valence-electron chi connectivity index (χ2n) is 11.5. The molecule has 1 atom stereocenters. The Balaban J connectivity index is 1.29. The van der Waals surface area contributed by atoms with E-state index in [1.165, 1.54) is 36.0 Å². The number of hydrogen-bond acceptors (Lipinski definition) is 6. The van der Waals surface area contributed by atoms with E-state index in [0.29, 0.717) is 30.0 Å². The minimum Gasteiger partial charge on any atom is -0.491 e. The van der Waals surface area contributed by atoms with Crippen LogP contribution in [0.3, 0.4) is 0 Å². The number of benzene rings is 3. The molecule has 246 valence electrons. The summed E-state index contributed by atoms with van der Waals surface area (Å²) in [6.07, 6.45) is 2.64. The van der Waals surface area contributed by atoms with E-state index in [4.69, 9.17) is 30.8 Å². The molecule has 0 bridgehead atoms. The summed E-state index contributed by atoms with van der Waals surface area (Å²) < 4.78 is 62.8. The highest BCUT2D eigenvalue weighted by atomic mass is 35.5. The Hall–Kier alpha value is -3.02. The van der Waals surface area contributed by atoms with Crippen molar-refractivity contribution >= 4 is 23.4 Å². The van der Waals surface area contributed by atoms with E-state index in [1.807, 2.05) is 42.6 Å². The zero-order valence-corrected chi connectivity index (χ0v) is 27.9. The van der Waals surface area contributed by atoms with Gasteiger partial charge in [-0.3, -0.25) is 4.57 Å². The van der Waals surface area contributed by atoms with Gasteiger partial charge in [0.25, 0.3) is 0 Å². The first-order chi connectivity index (χ1) is 22.2. The van der Waals surface area contributed by atoms with Crippen molar-refractivity contribution in [3.05, 3.63) is 105 Å². The lowest BCUT2D eigenvalue weighted by atomic mass is 9.83. The number of rotatable bonds is 15. The summed E-state index contributed by atoms with van der Waals surface area (Å²) in [6.45, 7) is 4.73. The number of imidazole rings is 1. The van der Waals surface area contributed by atoms with Crippen molar-refractivity contribution in [2.75, 3.05) is 53.7 Å². The summed E-state index contributed by atoms with van der Waals surface area (Å²) in [6, 6.07) is 14.6. The number of likely N-dealkylation sites (N-methyl/N-ethyl adjacent to an activating group) is 1. The summed E-state index contributed by atoms with van der Waals surface area (Å²) in [5, 5.41) is 1.30. The van der Waals surface area contributed by atoms with E-state index < -0.39 is 11.6 Å². The maximum absolute atomic E-state index is 15.2. The summed E-state index contributed by atoms with van der Waals surface area (Å²) in [5.41, 5.74) is 4.72. The zero-order valence-electron chi connectivity index (χ0n) is 26.3. The van der Waals surface area contributed by atoms with Crippen LogP contribution < -0.4 is 4.74 Å². The molecule has 5 rings (SSSR count). The molecule has 1 heterocycles. The Bertz CT molecular complexity index is 1590. The summed E-state index contributed by atoms with van der Waals surface area (Å²) in [5.74, 6) is -1.60. The molecule has 1 aliphatic carbocycles. The second-order valence-corrected chi connectivity index (χ2v) is 12.9. The highest BCUT2D eigenvalue weighted by Crippen LogP contribution is 2.42. The predicted octanol–water partition coefficient (Wildman–Crippen LogP) is 7.99. The quantitative estimate of drug-likeness (QED) is 0.0942. The fraction of sp³-hybridized carbons (Fsp3) is 0.400. The Labute approximate surface area is 277 Å². The zero-order chi connectivity index (χ0) is 32.6. The molecule has 0 aliphatic heterocycles. The third-order valence-corrected chi connectivity index (χ3v) is 9.26. The molecular weight excluding hydrogens is 635 g/mol. The largest absolute Gasteiger partial charge is 0.491 e. The van der Waals surface area contributed by atoms with Crippen LogP contribution in [0.25, 0.3) is 5.69 Å². The fourth-order valence-electron chi connectivity index (χ4n) is 5.48. The topological polar surface area (TPSA) is 48.8 Å². The van der Waals surface area contributed by atoms with Crippen molar-refractivity contribution in [2.45, 2.75) is 43.0 Å². The van der Waals surface area contributed by atoms with Crippen molar-refractivity contribution in [3.8, 4) is 11.4 Å². The maximum Gasteiger partial charge on any atom is 0.173 e. The van der Waals surface area contributed by atoms with Crippen LogP contribution in [0.4, 0.5) is 13.2 Å². The van der Waals surface area contributed by atoms with Crippen molar-refractivity contribution in [1.29, 1.82) is 0 Å². The van der Waals surface area contributed by atoms with E-state index in [1.54, 1.807) is 12.1 Å². The Morgan fingerprint density at radius 2 is 1.63 bits per heavy atom. The third-order valence-electron chi connectivity index (χ3n) is 7.88. The first-order valence-electron chi connectivity index (χ1n) is 15.4. The van der Waals surface area contributed by atoms with Crippen LogP contribution in [0, 0.1) is 24.4 Å². The van der Waals surface area contributed by atoms with E-state index in [9.17, 15) is 4.39 Å². The van der Waals surface area contributed by atoms with E-state index in [0.717, 1.165) is 54.0 Å². The number of hydrogen-bond donors (Lipinski definition) is 0. The number of aryl methyl sites for hydroxylation is 2. The van der Waals surface area contributed by atoms with Gasteiger partial charge in [0, 0.05) is 46.6 Å². The number of nitrogens with zero attached hydrogens (tertiary/aromatic N) is 3. The van der Waals surface area contributed by atoms with Crippen molar-refractivity contribution in [3.63, 3.8) is 0 Å². The van der Waals surface area contributed by atoms with Gasteiger partial charge in [0.05, 0.1) is 37.8 Å². The lowest BCUT2D eigenvalue weighted by Crippen LogP contribution is -2.19. The molecule has 0 amide bonds. The van der Waals surface area contributed by atoms with Crippen LogP contribution >= 0.6 is 23.4 Å². The number of aromatic nitrogens is 2. The normalized spacial score (nSPS) is 14.6.